The number of fused-ring (bicyclic) bond motifs is 1. The van der Waals surface area contributed by atoms with Crippen molar-refractivity contribution in [2.24, 2.45) is 5.92 Å². The number of halogens is 1. The Morgan fingerprint density at radius 2 is 1.59 bits per heavy atom. The van der Waals surface area contributed by atoms with Crippen molar-refractivity contribution in [1.29, 1.82) is 0 Å². The Morgan fingerprint density at radius 3 is 2.32 bits per heavy atom. The molecule has 3 aromatic carbocycles. The Balaban J connectivity index is 1.26. The molecular formula is C32H33FN4O4. The van der Waals surface area contributed by atoms with Crippen molar-refractivity contribution in [2.75, 3.05) is 11.9 Å². The van der Waals surface area contributed by atoms with E-state index in [9.17, 15) is 23.6 Å². The van der Waals surface area contributed by atoms with Crippen LogP contribution in [0.15, 0.2) is 72.8 Å². The first-order chi connectivity index (χ1) is 19.8. The number of urea groups is 1. The van der Waals surface area contributed by atoms with Gasteiger partial charge in [0.25, 0.3) is 5.91 Å². The topological polar surface area (TPSA) is 98.8 Å². The third-order valence-electron chi connectivity index (χ3n) is 7.78. The molecule has 2 atom stereocenters. The third kappa shape index (κ3) is 6.45. The molecule has 3 aromatic rings. The van der Waals surface area contributed by atoms with Gasteiger partial charge in [0, 0.05) is 18.2 Å². The minimum absolute atomic E-state index is 0.0254. The van der Waals surface area contributed by atoms with Crippen LogP contribution in [0.4, 0.5) is 14.9 Å². The van der Waals surface area contributed by atoms with Crippen molar-refractivity contribution in [2.45, 2.75) is 51.7 Å². The first-order valence-corrected chi connectivity index (χ1v) is 13.9. The minimum atomic E-state index is -0.564. The van der Waals surface area contributed by atoms with E-state index in [0.29, 0.717) is 30.5 Å². The highest BCUT2D eigenvalue weighted by molar-refractivity contribution is 6.01. The van der Waals surface area contributed by atoms with Crippen LogP contribution in [0.25, 0.3) is 0 Å². The molecule has 41 heavy (non-hydrogen) atoms. The van der Waals surface area contributed by atoms with Gasteiger partial charge in [-0.1, -0.05) is 66.9 Å². The van der Waals surface area contributed by atoms with Crippen LogP contribution in [-0.4, -0.2) is 46.1 Å². The lowest BCUT2D eigenvalue weighted by atomic mass is 9.81. The molecule has 0 bridgehead atoms. The number of hydrogen-bond donors (Lipinski definition) is 2. The molecule has 1 aliphatic heterocycles. The highest BCUT2D eigenvalue weighted by Gasteiger charge is 2.47. The number of para-hydroxylation sites is 1. The SMILES string of the molecule is Cc1ccc(CNC(=O)c2ccc(CN3C(=O)C4CCCCC4N(CC(=O)Nc4ccccc4F)C3=O)cc2)cc1. The summed E-state index contributed by atoms with van der Waals surface area (Å²) in [6.45, 7) is 2.15. The van der Waals surface area contributed by atoms with E-state index < -0.39 is 23.7 Å². The average molecular weight is 557 g/mol. The fourth-order valence-electron chi connectivity index (χ4n) is 5.54. The Morgan fingerprint density at radius 1 is 0.902 bits per heavy atom. The zero-order valence-electron chi connectivity index (χ0n) is 22.9. The van der Waals surface area contributed by atoms with Gasteiger partial charge >= 0.3 is 6.03 Å². The number of nitrogens with zero attached hydrogens (tertiary/aromatic N) is 2. The van der Waals surface area contributed by atoms with Crippen molar-refractivity contribution < 1.29 is 23.6 Å². The molecule has 8 nitrogen and oxygen atoms in total. The molecule has 2 N–H and O–H groups in total. The summed E-state index contributed by atoms with van der Waals surface area (Å²) in [6, 6.07) is 19.6. The van der Waals surface area contributed by atoms with Crippen LogP contribution in [0.3, 0.4) is 0 Å². The Labute approximate surface area is 238 Å². The maximum atomic E-state index is 14.1. The molecule has 2 unspecified atom stereocenters. The number of amides is 5. The predicted molar refractivity (Wildman–Crippen MR) is 152 cm³/mol. The van der Waals surface area contributed by atoms with Crippen molar-refractivity contribution in [1.82, 2.24) is 15.1 Å². The number of anilines is 1. The summed E-state index contributed by atoms with van der Waals surface area (Å²) in [4.78, 5) is 55.1. The zero-order valence-corrected chi connectivity index (χ0v) is 22.9. The summed E-state index contributed by atoms with van der Waals surface area (Å²) < 4.78 is 14.1. The van der Waals surface area contributed by atoms with Crippen LogP contribution < -0.4 is 10.6 Å². The van der Waals surface area contributed by atoms with Gasteiger partial charge in [-0.3, -0.25) is 19.3 Å². The maximum absolute atomic E-state index is 14.1. The molecule has 0 radical (unpaired) electrons. The monoisotopic (exact) mass is 556 g/mol. The van der Waals surface area contributed by atoms with Gasteiger partial charge in [-0.25, -0.2) is 9.18 Å². The Hall–Kier alpha value is -4.53. The normalized spacial score (nSPS) is 18.6. The van der Waals surface area contributed by atoms with Crippen LogP contribution >= 0.6 is 0 Å². The second-order valence-corrected chi connectivity index (χ2v) is 10.7. The lowest BCUT2D eigenvalue weighted by molar-refractivity contribution is -0.142. The fourth-order valence-corrected chi connectivity index (χ4v) is 5.54. The number of nitrogens with one attached hydrogen (secondary N) is 2. The van der Waals surface area contributed by atoms with Gasteiger partial charge < -0.3 is 15.5 Å². The van der Waals surface area contributed by atoms with E-state index in [0.717, 1.165) is 24.0 Å². The molecule has 5 rings (SSSR count). The molecule has 0 spiro atoms. The van der Waals surface area contributed by atoms with Crippen molar-refractivity contribution in [3.63, 3.8) is 0 Å². The van der Waals surface area contributed by atoms with Crippen LogP contribution in [0.5, 0.6) is 0 Å². The molecule has 1 saturated heterocycles. The van der Waals surface area contributed by atoms with Gasteiger partial charge in [-0.15, -0.1) is 0 Å². The number of carbonyl (C=O) groups is 4. The van der Waals surface area contributed by atoms with Crippen LogP contribution in [0.1, 0.15) is 52.7 Å². The summed E-state index contributed by atoms with van der Waals surface area (Å²) >= 11 is 0. The summed E-state index contributed by atoms with van der Waals surface area (Å²) in [5.41, 5.74) is 3.34. The number of aryl methyl sites for hydroxylation is 1. The number of carbonyl (C=O) groups excluding carboxylic acids is 4. The first kappa shape index (κ1) is 28.0. The molecule has 212 valence electrons. The van der Waals surface area contributed by atoms with Crippen molar-refractivity contribution in [3.05, 3.63) is 101 Å². The second kappa shape index (κ2) is 12.3. The summed E-state index contributed by atoms with van der Waals surface area (Å²) in [7, 11) is 0. The van der Waals surface area contributed by atoms with E-state index in [1.807, 2.05) is 31.2 Å². The van der Waals surface area contributed by atoms with Gasteiger partial charge in [0.15, 0.2) is 0 Å². The summed E-state index contributed by atoms with van der Waals surface area (Å²) in [5, 5.41) is 5.44. The van der Waals surface area contributed by atoms with E-state index in [4.69, 9.17) is 0 Å². The number of hydrogen-bond acceptors (Lipinski definition) is 4. The first-order valence-electron chi connectivity index (χ1n) is 13.9. The van der Waals surface area contributed by atoms with Crippen molar-refractivity contribution >= 4 is 29.4 Å². The molecular weight excluding hydrogens is 523 g/mol. The van der Waals surface area contributed by atoms with Gasteiger partial charge in [0.1, 0.15) is 12.4 Å². The van der Waals surface area contributed by atoms with Gasteiger partial charge in [0.2, 0.25) is 11.8 Å². The molecule has 9 heteroatoms. The number of benzene rings is 3. The average Bonchev–Trinajstić information content (AvgIpc) is 2.98. The molecule has 1 heterocycles. The maximum Gasteiger partial charge on any atom is 0.327 e. The van der Waals surface area contributed by atoms with E-state index in [2.05, 4.69) is 10.6 Å². The summed E-state index contributed by atoms with van der Waals surface area (Å²) in [5.74, 6) is -1.95. The molecule has 5 amide bonds. The van der Waals surface area contributed by atoms with E-state index in [-0.39, 0.29) is 36.6 Å². The fraction of sp³-hybridized carbons (Fsp3) is 0.312. The highest BCUT2D eigenvalue weighted by atomic mass is 19.1. The smallest absolute Gasteiger partial charge is 0.327 e. The van der Waals surface area contributed by atoms with Crippen LogP contribution in [-0.2, 0) is 22.7 Å². The molecule has 2 fully saturated rings. The third-order valence-corrected chi connectivity index (χ3v) is 7.78. The zero-order chi connectivity index (χ0) is 28.9. The minimum Gasteiger partial charge on any atom is -0.348 e. The number of rotatable bonds is 8. The highest BCUT2D eigenvalue weighted by Crippen LogP contribution is 2.35. The molecule has 1 saturated carbocycles. The number of imide groups is 1. The van der Waals surface area contributed by atoms with Gasteiger partial charge in [0.05, 0.1) is 18.2 Å². The molecule has 1 aliphatic carbocycles. The molecule has 2 aliphatic rings. The van der Waals surface area contributed by atoms with Gasteiger partial charge in [-0.2, -0.15) is 0 Å². The van der Waals surface area contributed by atoms with Gasteiger partial charge in [-0.05, 0) is 55.2 Å². The Bertz CT molecular complexity index is 1440. The second-order valence-electron chi connectivity index (χ2n) is 10.7. The van der Waals surface area contributed by atoms with Crippen LogP contribution in [0, 0.1) is 18.7 Å². The predicted octanol–water partition coefficient (Wildman–Crippen LogP) is 5.03. The Kier molecular flexibility index (Phi) is 8.42. The lowest BCUT2D eigenvalue weighted by Gasteiger charge is -2.46. The van der Waals surface area contributed by atoms with E-state index >= 15 is 0 Å². The standard InChI is InChI=1S/C32H33FN4O4/c1-21-10-12-22(13-11-21)18-34-30(39)24-16-14-23(15-17-24)19-37-31(40)25-6-2-5-9-28(25)36(32(37)41)20-29(38)35-27-8-4-3-7-26(27)33/h3-4,7-8,10-17,25,28H,2,5-6,9,18-20H2,1H3,(H,34,39)(H,35,38). The summed E-state index contributed by atoms with van der Waals surface area (Å²) in [6.07, 6.45) is 3.01. The van der Waals surface area contributed by atoms with E-state index in [1.165, 1.54) is 28.0 Å². The van der Waals surface area contributed by atoms with E-state index in [1.54, 1.807) is 30.3 Å². The van der Waals surface area contributed by atoms with Crippen LogP contribution in [0.2, 0.25) is 0 Å². The molecule has 0 aromatic heterocycles. The lowest BCUT2D eigenvalue weighted by Crippen LogP contribution is -2.63. The largest absolute Gasteiger partial charge is 0.348 e. The quantitative estimate of drug-likeness (QED) is 0.407. The van der Waals surface area contributed by atoms with Crippen molar-refractivity contribution in [3.8, 4) is 0 Å².